The molecule has 1 amide bonds. The predicted octanol–water partition coefficient (Wildman–Crippen LogP) is 1.64. The Morgan fingerprint density at radius 1 is 1.41 bits per heavy atom. The maximum absolute atomic E-state index is 12.7. The topological polar surface area (TPSA) is 95.9 Å². The number of hydrogen-bond acceptors (Lipinski definition) is 5. The maximum Gasteiger partial charge on any atom is 0.253 e. The number of rotatable bonds is 6. The molecule has 0 aromatic heterocycles. The van der Waals surface area contributed by atoms with Gasteiger partial charge in [-0.2, -0.15) is 0 Å². The SMILES string of the molecule is CC[C@@H]1CN(C(=O)c2ccc(Cl)c(S(=O)(=O)NC[C@@H]3CCCO3)c2)C[C@@H]1O. The Balaban J connectivity index is 1.76. The molecule has 150 valence electrons. The first-order chi connectivity index (χ1) is 12.8. The number of hydrogen-bond donors (Lipinski definition) is 2. The number of carbonyl (C=O) groups excluding carboxylic acids is 1. The van der Waals surface area contributed by atoms with Gasteiger partial charge in [-0.1, -0.05) is 18.5 Å². The van der Waals surface area contributed by atoms with Gasteiger partial charge in [0.1, 0.15) is 4.90 Å². The molecule has 9 heteroatoms. The van der Waals surface area contributed by atoms with Crippen LogP contribution in [0.1, 0.15) is 36.5 Å². The molecule has 2 heterocycles. The molecule has 2 N–H and O–H groups in total. The number of ether oxygens (including phenoxy) is 1. The highest BCUT2D eigenvalue weighted by molar-refractivity contribution is 7.89. The van der Waals surface area contributed by atoms with E-state index in [4.69, 9.17) is 16.3 Å². The van der Waals surface area contributed by atoms with Gasteiger partial charge in [0, 0.05) is 37.7 Å². The minimum atomic E-state index is -3.87. The van der Waals surface area contributed by atoms with Crippen molar-refractivity contribution in [3.63, 3.8) is 0 Å². The van der Waals surface area contributed by atoms with Crippen LogP contribution < -0.4 is 4.72 Å². The lowest BCUT2D eigenvalue weighted by molar-refractivity contribution is 0.0764. The van der Waals surface area contributed by atoms with Crippen molar-refractivity contribution in [3.05, 3.63) is 28.8 Å². The molecule has 1 aromatic carbocycles. The van der Waals surface area contributed by atoms with E-state index in [1.807, 2.05) is 6.92 Å². The van der Waals surface area contributed by atoms with Gasteiger partial charge in [0.2, 0.25) is 10.0 Å². The highest BCUT2D eigenvalue weighted by Gasteiger charge is 2.33. The maximum atomic E-state index is 12.7. The van der Waals surface area contributed by atoms with Crippen molar-refractivity contribution in [1.82, 2.24) is 9.62 Å². The van der Waals surface area contributed by atoms with Crippen LogP contribution in [0.3, 0.4) is 0 Å². The third kappa shape index (κ3) is 4.63. The van der Waals surface area contributed by atoms with Crippen molar-refractivity contribution in [2.45, 2.75) is 43.3 Å². The van der Waals surface area contributed by atoms with Crippen molar-refractivity contribution >= 4 is 27.5 Å². The van der Waals surface area contributed by atoms with Gasteiger partial charge in [-0.05, 0) is 37.5 Å². The van der Waals surface area contributed by atoms with Crippen LogP contribution in [0, 0.1) is 5.92 Å². The number of aliphatic hydroxyl groups is 1. The Labute approximate surface area is 164 Å². The summed E-state index contributed by atoms with van der Waals surface area (Å²) < 4.78 is 33.2. The second-order valence-corrected chi connectivity index (χ2v) is 9.22. The molecular weight excluding hydrogens is 392 g/mol. The van der Waals surface area contributed by atoms with Crippen molar-refractivity contribution < 1.29 is 23.1 Å². The molecule has 0 saturated carbocycles. The lowest BCUT2D eigenvalue weighted by atomic mass is 10.0. The quantitative estimate of drug-likeness (QED) is 0.734. The molecule has 0 bridgehead atoms. The number of benzene rings is 1. The summed E-state index contributed by atoms with van der Waals surface area (Å²) in [6.07, 6.45) is 1.81. The zero-order valence-electron chi connectivity index (χ0n) is 15.2. The molecule has 3 rings (SSSR count). The van der Waals surface area contributed by atoms with Crippen LogP contribution in [-0.2, 0) is 14.8 Å². The van der Waals surface area contributed by atoms with Crippen LogP contribution >= 0.6 is 11.6 Å². The molecule has 1 aromatic rings. The monoisotopic (exact) mass is 416 g/mol. The van der Waals surface area contributed by atoms with E-state index in [2.05, 4.69) is 4.72 Å². The summed E-state index contributed by atoms with van der Waals surface area (Å²) in [5.74, 6) is -0.269. The first-order valence-electron chi connectivity index (χ1n) is 9.20. The molecule has 7 nitrogen and oxygen atoms in total. The fourth-order valence-electron chi connectivity index (χ4n) is 3.53. The normalized spacial score (nSPS) is 25.9. The molecule has 0 aliphatic carbocycles. The average molecular weight is 417 g/mol. The summed E-state index contributed by atoms with van der Waals surface area (Å²) in [4.78, 5) is 14.2. The summed E-state index contributed by atoms with van der Waals surface area (Å²) in [5, 5.41) is 10.1. The van der Waals surface area contributed by atoms with E-state index in [-0.39, 0.29) is 46.5 Å². The Kier molecular flexibility index (Phi) is 6.43. The fraction of sp³-hybridized carbons (Fsp3) is 0.611. The number of nitrogens with zero attached hydrogens (tertiary/aromatic N) is 1. The number of halogens is 1. The molecular formula is C18H25ClN2O5S. The molecule has 2 fully saturated rings. The minimum Gasteiger partial charge on any atom is -0.391 e. The summed E-state index contributed by atoms with van der Waals surface area (Å²) in [6.45, 7) is 3.48. The Morgan fingerprint density at radius 3 is 2.81 bits per heavy atom. The second kappa shape index (κ2) is 8.45. The van der Waals surface area contributed by atoms with Crippen LogP contribution in [0.2, 0.25) is 5.02 Å². The van der Waals surface area contributed by atoms with E-state index in [0.29, 0.717) is 13.2 Å². The molecule has 0 radical (unpaired) electrons. The van der Waals surface area contributed by atoms with Gasteiger partial charge >= 0.3 is 0 Å². The summed E-state index contributed by atoms with van der Waals surface area (Å²) in [5.41, 5.74) is 0.237. The smallest absolute Gasteiger partial charge is 0.253 e. The van der Waals surface area contributed by atoms with Gasteiger partial charge in [-0.15, -0.1) is 0 Å². The van der Waals surface area contributed by atoms with Gasteiger partial charge in [0.05, 0.1) is 17.2 Å². The number of carbonyl (C=O) groups is 1. The lowest BCUT2D eigenvalue weighted by Crippen LogP contribution is -2.32. The van der Waals surface area contributed by atoms with Gasteiger partial charge in [0.25, 0.3) is 5.91 Å². The Morgan fingerprint density at radius 2 is 2.19 bits per heavy atom. The van der Waals surface area contributed by atoms with Crippen molar-refractivity contribution in [3.8, 4) is 0 Å². The molecule has 2 saturated heterocycles. The number of amides is 1. The number of sulfonamides is 1. The number of nitrogens with one attached hydrogen (secondary N) is 1. The average Bonchev–Trinajstić information content (AvgIpc) is 3.29. The highest BCUT2D eigenvalue weighted by Crippen LogP contribution is 2.26. The lowest BCUT2D eigenvalue weighted by Gasteiger charge is -2.17. The fourth-order valence-corrected chi connectivity index (χ4v) is 5.12. The third-order valence-electron chi connectivity index (χ3n) is 5.21. The third-order valence-corrected chi connectivity index (χ3v) is 7.12. The zero-order valence-corrected chi connectivity index (χ0v) is 16.8. The van der Waals surface area contributed by atoms with E-state index in [0.717, 1.165) is 19.3 Å². The zero-order chi connectivity index (χ0) is 19.6. The minimum absolute atomic E-state index is 0.0394. The Hall–Kier alpha value is -1.19. The summed E-state index contributed by atoms with van der Waals surface area (Å²) in [6, 6.07) is 4.23. The van der Waals surface area contributed by atoms with Crippen molar-refractivity contribution in [2.75, 3.05) is 26.2 Å². The van der Waals surface area contributed by atoms with E-state index < -0.39 is 16.1 Å². The van der Waals surface area contributed by atoms with E-state index in [1.54, 1.807) is 4.90 Å². The van der Waals surface area contributed by atoms with Gasteiger partial charge < -0.3 is 14.7 Å². The van der Waals surface area contributed by atoms with Crippen LogP contribution in [0.4, 0.5) is 0 Å². The number of likely N-dealkylation sites (tertiary alicyclic amines) is 1. The van der Waals surface area contributed by atoms with E-state index in [9.17, 15) is 18.3 Å². The van der Waals surface area contributed by atoms with Crippen molar-refractivity contribution in [1.29, 1.82) is 0 Å². The molecule has 2 aliphatic heterocycles. The molecule has 2 aliphatic rings. The van der Waals surface area contributed by atoms with Crippen molar-refractivity contribution in [2.24, 2.45) is 5.92 Å². The van der Waals surface area contributed by atoms with Crippen LogP contribution in [0.15, 0.2) is 23.1 Å². The number of β-amino-alcohol motifs (C(OH)–C–C–N with tert-alkyl or cyclic N) is 1. The van der Waals surface area contributed by atoms with Gasteiger partial charge in [-0.3, -0.25) is 4.79 Å². The molecule has 0 spiro atoms. The summed E-state index contributed by atoms with van der Waals surface area (Å²) in [7, 11) is -3.87. The summed E-state index contributed by atoms with van der Waals surface area (Å²) >= 11 is 6.09. The first kappa shape index (κ1) is 20.5. The highest BCUT2D eigenvalue weighted by atomic mass is 35.5. The molecule has 0 unspecified atom stereocenters. The first-order valence-corrected chi connectivity index (χ1v) is 11.1. The van der Waals surface area contributed by atoms with Crippen LogP contribution in [0.5, 0.6) is 0 Å². The van der Waals surface area contributed by atoms with E-state index >= 15 is 0 Å². The predicted molar refractivity (Wildman–Crippen MR) is 101 cm³/mol. The van der Waals surface area contributed by atoms with E-state index in [1.165, 1.54) is 18.2 Å². The van der Waals surface area contributed by atoms with Gasteiger partial charge in [0.15, 0.2) is 0 Å². The van der Waals surface area contributed by atoms with Crippen LogP contribution in [-0.4, -0.2) is 62.8 Å². The number of aliphatic hydroxyl groups excluding tert-OH is 1. The second-order valence-electron chi connectivity index (χ2n) is 7.08. The molecule has 27 heavy (non-hydrogen) atoms. The Bertz CT molecular complexity index is 795. The molecule has 3 atom stereocenters. The largest absolute Gasteiger partial charge is 0.391 e. The van der Waals surface area contributed by atoms with Crippen LogP contribution in [0.25, 0.3) is 0 Å². The standard InChI is InChI=1S/C18H25ClN2O5S/c1-2-12-10-21(11-16(12)22)18(23)13-5-6-15(19)17(8-13)27(24,25)20-9-14-4-3-7-26-14/h5-6,8,12,14,16,20,22H,2-4,7,9-11H2,1H3/t12-,14+,16+/m1/s1. The van der Waals surface area contributed by atoms with Gasteiger partial charge in [-0.25, -0.2) is 13.1 Å².